The smallest absolute Gasteiger partial charge is 0.357 e. The maximum Gasteiger partial charge on any atom is 0.357 e. The molecule has 8 heteroatoms. The van der Waals surface area contributed by atoms with Crippen molar-refractivity contribution < 1.29 is 23.5 Å². The molecule has 2 saturated heterocycles. The number of rotatable bonds is 9. The summed E-state index contributed by atoms with van der Waals surface area (Å²) in [5, 5.41) is 0.939. The van der Waals surface area contributed by atoms with Crippen LogP contribution in [0.2, 0.25) is 0 Å². The fourth-order valence-electron chi connectivity index (χ4n) is 8.59. The van der Waals surface area contributed by atoms with E-state index in [1.165, 1.54) is 6.42 Å². The third-order valence-corrected chi connectivity index (χ3v) is 11.3. The van der Waals surface area contributed by atoms with Gasteiger partial charge in [-0.05, 0) is 93.6 Å². The van der Waals surface area contributed by atoms with E-state index in [1.54, 1.807) is 0 Å². The van der Waals surface area contributed by atoms with Gasteiger partial charge in [-0.15, -0.1) is 0 Å². The van der Waals surface area contributed by atoms with Crippen LogP contribution in [0.1, 0.15) is 101 Å². The molecule has 4 heterocycles. The topological polar surface area (TPSA) is 71.9 Å². The molecule has 1 amide bonds. The minimum atomic E-state index is -0.666. The van der Waals surface area contributed by atoms with Crippen molar-refractivity contribution in [1.82, 2.24) is 14.4 Å². The van der Waals surface area contributed by atoms with Crippen molar-refractivity contribution in [2.75, 3.05) is 26.3 Å². The van der Waals surface area contributed by atoms with E-state index in [4.69, 9.17) is 4.74 Å². The van der Waals surface area contributed by atoms with Crippen LogP contribution in [-0.2, 0) is 26.5 Å². The molecule has 234 valence electrons. The molecule has 1 aromatic carbocycles. The number of aromatic nitrogens is 1. The van der Waals surface area contributed by atoms with Gasteiger partial charge in [-0.1, -0.05) is 33.3 Å². The summed E-state index contributed by atoms with van der Waals surface area (Å²) in [7, 11) is 0. The van der Waals surface area contributed by atoms with Crippen molar-refractivity contribution in [1.29, 1.82) is 0 Å². The molecule has 7 nitrogen and oxygen atoms in total. The molecular formula is C35H48FN3O4. The standard InChI is InChI=1S/C35H48FN3O4/c1-4-35(5-2)39-28-14-9-24(19-27(28)21-30(39)34(42)43-35)20-31(40)32-29(37-16-7-6-8-17-37)15-18-38(32)33(41)26-12-10-25(11-13-26)23(3)22-36/h9,14,19,21,23,25-26,29,32H,4-8,10-13,15-18,20,22H2,1-3H3/t23-,25?,26?,29-,32+/m1/s1. The van der Waals surface area contributed by atoms with Crippen molar-refractivity contribution in [2.45, 2.75) is 109 Å². The predicted molar refractivity (Wildman–Crippen MR) is 165 cm³/mol. The van der Waals surface area contributed by atoms with Gasteiger partial charge in [-0.2, -0.15) is 0 Å². The second kappa shape index (κ2) is 12.3. The number of ketones is 1. The first-order valence-corrected chi connectivity index (χ1v) is 16.8. The number of amides is 1. The second-order valence-corrected chi connectivity index (χ2v) is 13.6. The van der Waals surface area contributed by atoms with Crippen molar-refractivity contribution in [3.63, 3.8) is 0 Å². The minimum Gasteiger partial charge on any atom is -0.434 e. The number of piperidine rings is 1. The summed E-state index contributed by atoms with van der Waals surface area (Å²) in [6.07, 6.45) is 9.30. The molecule has 3 atom stereocenters. The summed E-state index contributed by atoms with van der Waals surface area (Å²) in [6.45, 7) is 8.34. The van der Waals surface area contributed by atoms with E-state index in [1.807, 2.05) is 54.5 Å². The number of hydrogen-bond donors (Lipinski definition) is 0. The lowest BCUT2D eigenvalue weighted by molar-refractivity contribution is -0.143. The van der Waals surface area contributed by atoms with E-state index in [9.17, 15) is 18.8 Å². The Bertz CT molecular complexity index is 1350. The zero-order chi connectivity index (χ0) is 30.3. The number of nitrogens with zero attached hydrogens (tertiary/aromatic N) is 3. The second-order valence-electron chi connectivity index (χ2n) is 13.6. The highest BCUT2D eigenvalue weighted by molar-refractivity contribution is 5.99. The molecule has 0 spiro atoms. The number of alkyl halides is 1. The van der Waals surface area contributed by atoms with Gasteiger partial charge < -0.3 is 9.64 Å². The van der Waals surface area contributed by atoms with E-state index in [-0.39, 0.29) is 48.6 Å². The van der Waals surface area contributed by atoms with Crippen LogP contribution in [0, 0.1) is 17.8 Å². The van der Waals surface area contributed by atoms with E-state index in [0.717, 1.165) is 74.5 Å². The summed E-state index contributed by atoms with van der Waals surface area (Å²) in [4.78, 5) is 45.3. The largest absolute Gasteiger partial charge is 0.434 e. The zero-order valence-corrected chi connectivity index (χ0v) is 26.2. The van der Waals surface area contributed by atoms with Gasteiger partial charge in [0.25, 0.3) is 0 Å². The average Bonchev–Trinajstić information content (AvgIpc) is 3.73. The molecule has 0 unspecified atom stereocenters. The van der Waals surface area contributed by atoms with Crippen molar-refractivity contribution in [3.05, 3.63) is 35.5 Å². The Morgan fingerprint density at radius 2 is 1.72 bits per heavy atom. The van der Waals surface area contributed by atoms with Gasteiger partial charge in [-0.25, -0.2) is 4.79 Å². The number of ether oxygens (including phenoxy) is 1. The van der Waals surface area contributed by atoms with Gasteiger partial charge >= 0.3 is 5.97 Å². The Hall–Kier alpha value is -2.74. The lowest BCUT2D eigenvalue weighted by Gasteiger charge is -2.38. The van der Waals surface area contributed by atoms with Crippen molar-refractivity contribution >= 4 is 28.6 Å². The molecule has 1 saturated carbocycles. The Labute approximate surface area is 255 Å². The summed E-state index contributed by atoms with van der Waals surface area (Å²) in [5.74, 6) is 0.246. The average molecular weight is 594 g/mol. The zero-order valence-electron chi connectivity index (χ0n) is 26.2. The third-order valence-electron chi connectivity index (χ3n) is 11.3. The highest BCUT2D eigenvalue weighted by atomic mass is 19.1. The Morgan fingerprint density at radius 1 is 1.00 bits per heavy atom. The highest BCUT2D eigenvalue weighted by Gasteiger charge is 2.47. The summed E-state index contributed by atoms with van der Waals surface area (Å²) in [6, 6.07) is 7.56. The molecule has 4 aliphatic rings. The molecule has 1 aliphatic carbocycles. The molecule has 0 N–H and O–H groups in total. The maximum atomic E-state index is 14.2. The van der Waals surface area contributed by atoms with Crippen LogP contribution in [0.5, 0.6) is 0 Å². The summed E-state index contributed by atoms with van der Waals surface area (Å²) in [5.41, 5.74) is 1.75. The van der Waals surface area contributed by atoms with E-state index in [0.29, 0.717) is 31.0 Å². The van der Waals surface area contributed by atoms with E-state index in [2.05, 4.69) is 4.90 Å². The molecule has 43 heavy (non-hydrogen) atoms. The highest BCUT2D eigenvalue weighted by Crippen LogP contribution is 2.41. The minimum absolute atomic E-state index is 0.0472. The van der Waals surface area contributed by atoms with Gasteiger partial charge in [0.2, 0.25) is 5.91 Å². The van der Waals surface area contributed by atoms with Crippen molar-refractivity contribution in [3.8, 4) is 0 Å². The van der Waals surface area contributed by atoms with Crippen LogP contribution in [0.3, 0.4) is 0 Å². The number of fused-ring (bicyclic) bond motifs is 3. The van der Waals surface area contributed by atoms with Gasteiger partial charge in [0.05, 0.1) is 12.2 Å². The monoisotopic (exact) mass is 593 g/mol. The first-order valence-electron chi connectivity index (χ1n) is 16.8. The van der Waals surface area contributed by atoms with Crippen LogP contribution in [0.15, 0.2) is 24.3 Å². The number of esters is 1. The number of hydrogen-bond acceptors (Lipinski definition) is 5. The number of halogens is 1. The first kappa shape index (κ1) is 30.3. The molecular weight excluding hydrogens is 545 g/mol. The van der Waals surface area contributed by atoms with Crippen LogP contribution >= 0.6 is 0 Å². The molecule has 3 fully saturated rings. The van der Waals surface area contributed by atoms with Gasteiger partial charge in [0.1, 0.15) is 11.7 Å². The predicted octanol–water partition coefficient (Wildman–Crippen LogP) is 6.26. The fraction of sp³-hybridized carbons (Fsp3) is 0.686. The molecule has 3 aliphatic heterocycles. The van der Waals surface area contributed by atoms with E-state index < -0.39 is 11.8 Å². The molecule has 1 aromatic heterocycles. The molecule has 2 aromatic rings. The van der Waals surface area contributed by atoms with Gasteiger partial charge in [-0.3, -0.25) is 23.4 Å². The van der Waals surface area contributed by atoms with E-state index >= 15 is 0 Å². The number of carbonyl (C=O) groups excluding carboxylic acids is 3. The summed E-state index contributed by atoms with van der Waals surface area (Å²) >= 11 is 0. The number of cyclic esters (lactones) is 1. The normalized spacial score (nSPS) is 28.2. The Kier molecular flexibility index (Phi) is 8.69. The molecule has 0 bridgehead atoms. The number of likely N-dealkylation sites (tertiary alicyclic amines) is 2. The first-order chi connectivity index (χ1) is 20.8. The summed E-state index contributed by atoms with van der Waals surface area (Å²) < 4.78 is 21.1. The quantitative estimate of drug-likeness (QED) is 0.321. The van der Waals surface area contributed by atoms with Gasteiger partial charge in [0, 0.05) is 43.2 Å². The Balaban J connectivity index is 1.23. The van der Waals surface area contributed by atoms with Crippen LogP contribution in [0.4, 0.5) is 4.39 Å². The third kappa shape index (κ3) is 5.42. The van der Waals surface area contributed by atoms with Crippen LogP contribution < -0.4 is 0 Å². The fourth-order valence-corrected chi connectivity index (χ4v) is 8.59. The number of benzene rings is 1. The lowest BCUT2D eigenvalue weighted by atomic mass is 9.76. The van der Waals surface area contributed by atoms with Gasteiger partial charge in [0.15, 0.2) is 11.5 Å². The number of Topliss-reactive ketones (excluding diaryl/α,β-unsaturated/α-hetero) is 1. The Morgan fingerprint density at radius 3 is 2.40 bits per heavy atom. The molecule has 0 radical (unpaired) electrons. The van der Waals surface area contributed by atoms with Crippen LogP contribution in [0.25, 0.3) is 10.9 Å². The van der Waals surface area contributed by atoms with Crippen molar-refractivity contribution in [2.24, 2.45) is 17.8 Å². The lowest BCUT2D eigenvalue weighted by Crippen LogP contribution is -2.54. The maximum absolute atomic E-state index is 14.2. The molecule has 6 rings (SSSR count). The number of carbonyl (C=O) groups is 3. The van der Waals surface area contributed by atoms with Crippen LogP contribution in [-0.4, -0.2) is 70.4 Å². The SMILES string of the molecule is CCC1(CC)OC(=O)c2cc3cc(CC(=O)[C@@H]4[C@H](N5CCCCC5)CCN4C(=O)C4CCC([C@H](C)CF)CC4)ccc3n21.